The highest BCUT2D eigenvalue weighted by molar-refractivity contribution is 6.91. The lowest BCUT2D eigenvalue weighted by atomic mass is 9.82. The van der Waals surface area contributed by atoms with Gasteiger partial charge in [0.15, 0.2) is 5.60 Å². The van der Waals surface area contributed by atoms with E-state index < -0.39 is 13.7 Å². The molecule has 0 radical (unpaired) electrons. The van der Waals surface area contributed by atoms with Gasteiger partial charge in [0.2, 0.25) is 0 Å². The Morgan fingerprint density at radius 2 is 1.73 bits per heavy atom. The number of aromatic nitrogens is 3. The maximum Gasteiger partial charge on any atom is 0.414 e. The van der Waals surface area contributed by atoms with E-state index in [0.717, 1.165) is 33.9 Å². The van der Waals surface area contributed by atoms with Gasteiger partial charge in [0, 0.05) is 42.9 Å². The molecule has 1 aromatic heterocycles. The van der Waals surface area contributed by atoms with E-state index in [2.05, 4.69) is 42.5 Å². The zero-order chi connectivity index (χ0) is 35.9. The molecule has 2 fully saturated rings. The van der Waals surface area contributed by atoms with Crippen LogP contribution in [0.5, 0.6) is 11.5 Å². The smallest absolute Gasteiger partial charge is 0.414 e. The van der Waals surface area contributed by atoms with Crippen LogP contribution in [0.25, 0.3) is 0 Å². The van der Waals surface area contributed by atoms with E-state index in [1.165, 1.54) is 5.19 Å². The second-order valence-corrected chi connectivity index (χ2v) is 18.8. The van der Waals surface area contributed by atoms with Crippen molar-refractivity contribution in [2.45, 2.75) is 63.2 Å². The highest BCUT2D eigenvalue weighted by Gasteiger charge is 2.66. The number of methoxy groups -OCH3 is 2. The average molecular weight is 712 g/mol. The number of hydrogen-bond donors (Lipinski definition) is 1. The molecule has 0 unspecified atom stereocenters. The normalized spacial score (nSPS) is 22.9. The maximum absolute atomic E-state index is 15.1. The van der Waals surface area contributed by atoms with Gasteiger partial charge in [-0.1, -0.05) is 54.7 Å². The Morgan fingerprint density at radius 3 is 2.39 bits per heavy atom. The highest BCUT2D eigenvalue weighted by atomic mass is 28.3. The maximum atomic E-state index is 15.1. The van der Waals surface area contributed by atoms with E-state index in [9.17, 15) is 9.90 Å². The average Bonchev–Trinajstić information content (AvgIpc) is 3.90. The van der Waals surface area contributed by atoms with E-state index in [0.29, 0.717) is 44.8 Å². The number of aryl methyl sites for hydroxylation is 1. The first-order valence-corrected chi connectivity index (χ1v) is 20.5. The van der Waals surface area contributed by atoms with Crippen LogP contribution in [0.1, 0.15) is 30.2 Å². The highest BCUT2D eigenvalue weighted by Crippen LogP contribution is 2.60. The number of nitrogens with zero attached hydrogens (tertiary/aromatic N) is 5. The largest absolute Gasteiger partial charge is 0.497 e. The number of fused-ring (bicyclic) bond motifs is 2. The SMILES string of the molecule is COc1ccc([Si](C)(C)[C@H]2[C@H](CCn3cc(CCO)nn3)O[C@@]3(C(=O)N(Cc4ccc(N5CCOC5=O)cc4)c4ccc(OC)cc43)[C@@H]2C)cc1. The molecule has 4 aromatic rings. The van der Waals surface area contributed by atoms with E-state index in [4.69, 9.17) is 18.9 Å². The van der Waals surface area contributed by atoms with Gasteiger partial charge in [0.1, 0.15) is 18.1 Å². The van der Waals surface area contributed by atoms with Crippen molar-refractivity contribution >= 4 is 36.6 Å². The van der Waals surface area contributed by atoms with Crippen LogP contribution < -0.4 is 24.5 Å². The molecule has 268 valence electrons. The first-order valence-electron chi connectivity index (χ1n) is 17.5. The van der Waals surface area contributed by atoms with Gasteiger partial charge >= 0.3 is 6.09 Å². The van der Waals surface area contributed by atoms with Crippen LogP contribution in [0, 0.1) is 5.92 Å². The lowest BCUT2D eigenvalue weighted by Gasteiger charge is -2.37. The topological polar surface area (TPSA) is 128 Å². The number of aliphatic hydroxyl groups excluding tert-OH is 1. The number of aliphatic hydroxyl groups is 1. The van der Waals surface area contributed by atoms with E-state index in [1.807, 2.05) is 65.7 Å². The van der Waals surface area contributed by atoms with Crippen molar-refractivity contribution in [3.8, 4) is 11.5 Å². The molecule has 51 heavy (non-hydrogen) atoms. The third-order valence-corrected chi connectivity index (χ3v) is 15.3. The lowest BCUT2D eigenvalue weighted by molar-refractivity contribution is -0.146. The summed E-state index contributed by atoms with van der Waals surface area (Å²) in [7, 11) is 0.956. The Kier molecular flexibility index (Phi) is 9.38. The number of ether oxygens (including phenoxy) is 4. The number of hydrogen-bond acceptors (Lipinski definition) is 9. The standard InChI is InChI=1S/C38H45N5O7Si/c1-25-35(51(4,5)31-13-10-29(47-2)11-14-31)34(16-18-41-24-27(17-20-44)39-40-41)50-38(25)32-22-30(48-3)12-15-33(32)43(36(38)45)23-26-6-8-28(9-7-26)42-19-21-49-37(42)46/h6-15,22,24-25,34-35,44H,16-21,23H2,1-5H3/t25-,34+,35-,38+/m1/s1. The van der Waals surface area contributed by atoms with Gasteiger partial charge in [-0.25, -0.2) is 4.79 Å². The Labute approximate surface area is 298 Å². The number of anilines is 2. The summed E-state index contributed by atoms with van der Waals surface area (Å²) in [5, 5.41) is 19.2. The Morgan fingerprint density at radius 1 is 1.00 bits per heavy atom. The number of amides is 2. The van der Waals surface area contributed by atoms with E-state index in [-0.39, 0.29) is 36.2 Å². The van der Waals surface area contributed by atoms with Crippen LogP contribution in [0.3, 0.4) is 0 Å². The molecule has 4 atom stereocenters. The molecule has 3 aliphatic rings. The Balaban J connectivity index is 1.26. The molecule has 0 aliphatic carbocycles. The lowest BCUT2D eigenvalue weighted by Crippen LogP contribution is -2.51. The van der Waals surface area contributed by atoms with Crippen molar-refractivity contribution in [2.24, 2.45) is 5.92 Å². The molecule has 0 bridgehead atoms. The van der Waals surface area contributed by atoms with Crippen LogP contribution in [0.2, 0.25) is 18.6 Å². The van der Waals surface area contributed by atoms with Gasteiger partial charge in [-0.15, -0.1) is 5.10 Å². The summed E-state index contributed by atoms with van der Waals surface area (Å²) >= 11 is 0. The molecule has 3 aromatic carbocycles. The molecule has 2 saturated heterocycles. The van der Waals surface area contributed by atoms with Gasteiger partial charge in [-0.3, -0.25) is 14.4 Å². The molecule has 4 heterocycles. The van der Waals surface area contributed by atoms with Crippen LogP contribution in [0.4, 0.5) is 16.2 Å². The summed E-state index contributed by atoms with van der Waals surface area (Å²) in [4.78, 5) is 30.7. The number of rotatable bonds is 12. The van der Waals surface area contributed by atoms with Crippen molar-refractivity contribution in [3.63, 3.8) is 0 Å². The molecule has 13 heteroatoms. The summed E-state index contributed by atoms with van der Waals surface area (Å²) in [5.41, 5.74) is 2.84. The van der Waals surface area contributed by atoms with Gasteiger partial charge in [0.25, 0.3) is 5.91 Å². The second-order valence-electron chi connectivity index (χ2n) is 14.1. The van der Waals surface area contributed by atoms with Crippen molar-refractivity contribution < 1.29 is 33.6 Å². The van der Waals surface area contributed by atoms with Crippen molar-refractivity contribution in [2.75, 3.05) is 43.8 Å². The molecule has 12 nitrogen and oxygen atoms in total. The fourth-order valence-electron chi connectivity index (χ4n) is 8.37. The van der Waals surface area contributed by atoms with Crippen LogP contribution in [-0.4, -0.2) is 80.3 Å². The number of cyclic esters (lactones) is 1. The molecule has 3 aliphatic heterocycles. The molecular formula is C38H45N5O7Si. The van der Waals surface area contributed by atoms with Crippen molar-refractivity contribution in [1.29, 1.82) is 0 Å². The van der Waals surface area contributed by atoms with Crippen LogP contribution in [0.15, 0.2) is 72.9 Å². The minimum absolute atomic E-state index is 0.00684. The Hall–Kier alpha value is -4.72. The second kappa shape index (κ2) is 13.8. The minimum atomic E-state index is -2.34. The predicted molar refractivity (Wildman–Crippen MR) is 194 cm³/mol. The van der Waals surface area contributed by atoms with Crippen LogP contribution >= 0.6 is 0 Å². The van der Waals surface area contributed by atoms with Gasteiger partial charge in [-0.2, -0.15) is 0 Å². The predicted octanol–water partition coefficient (Wildman–Crippen LogP) is 4.64. The fourth-order valence-corrected chi connectivity index (χ4v) is 12.4. The molecule has 1 spiro atoms. The summed E-state index contributed by atoms with van der Waals surface area (Å²) < 4.78 is 25.4. The monoisotopic (exact) mass is 711 g/mol. The zero-order valence-electron chi connectivity index (χ0n) is 29.7. The number of carbonyl (C=O) groups is 2. The van der Waals surface area contributed by atoms with Crippen molar-refractivity contribution in [1.82, 2.24) is 15.0 Å². The molecule has 2 amide bonds. The first-order chi connectivity index (χ1) is 24.6. The van der Waals surface area contributed by atoms with Gasteiger partial charge < -0.3 is 29.0 Å². The Bertz CT molecular complexity index is 1900. The summed E-state index contributed by atoms with van der Waals surface area (Å²) in [5.74, 6) is 1.18. The fraction of sp³-hybridized carbons (Fsp3) is 0.421. The molecule has 7 rings (SSSR count). The van der Waals surface area contributed by atoms with Gasteiger partial charge in [0.05, 0.1) is 52.9 Å². The third kappa shape index (κ3) is 6.06. The van der Waals surface area contributed by atoms with E-state index in [1.54, 1.807) is 23.8 Å². The summed E-state index contributed by atoms with van der Waals surface area (Å²) in [6, 6.07) is 21.8. The summed E-state index contributed by atoms with van der Waals surface area (Å²) in [6.07, 6.45) is 2.31. The number of benzene rings is 3. The minimum Gasteiger partial charge on any atom is -0.497 e. The summed E-state index contributed by atoms with van der Waals surface area (Å²) in [6.45, 7) is 8.67. The first kappa shape index (κ1) is 34.7. The van der Waals surface area contributed by atoms with Gasteiger partial charge in [-0.05, 0) is 60.0 Å². The molecular weight excluding hydrogens is 667 g/mol. The van der Waals surface area contributed by atoms with Crippen LogP contribution in [-0.2, 0) is 39.4 Å². The van der Waals surface area contributed by atoms with Crippen molar-refractivity contribution in [3.05, 3.63) is 89.7 Å². The quantitative estimate of drug-likeness (QED) is 0.209. The zero-order valence-corrected chi connectivity index (χ0v) is 30.7. The third-order valence-electron chi connectivity index (χ3n) is 11.0. The van der Waals surface area contributed by atoms with E-state index >= 15 is 4.79 Å². The number of carbonyl (C=O) groups excluding carboxylic acids is 2. The molecule has 0 saturated carbocycles. The molecule has 1 N–H and O–H groups in total.